The van der Waals surface area contributed by atoms with E-state index in [1.165, 1.54) is 12.1 Å². The van der Waals surface area contributed by atoms with Crippen LogP contribution in [0.1, 0.15) is 0 Å². The van der Waals surface area contributed by atoms with Crippen molar-refractivity contribution in [3.05, 3.63) is 48.4 Å². The normalized spacial score (nSPS) is 10.9. The first kappa shape index (κ1) is 9.77. The highest BCUT2D eigenvalue weighted by atomic mass is 19.1. The fourth-order valence-electron chi connectivity index (χ4n) is 1.62. The molecule has 0 saturated heterocycles. The van der Waals surface area contributed by atoms with Crippen LogP contribution in [0.4, 0.5) is 10.1 Å². The number of fused-ring (bicyclic) bond motifs is 1. The molecule has 5 heteroatoms. The van der Waals surface area contributed by atoms with Crippen LogP contribution in [-0.4, -0.2) is 14.6 Å². The van der Waals surface area contributed by atoms with Gasteiger partial charge in [-0.15, -0.1) is 5.10 Å². The van der Waals surface area contributed by atoms with Crippen molar-refractivity contribution in [2.24, 2.45) is 0 Å². The van der Waals surface area contributed by atoms with Crippen LogP contribution < -0.4 is 5.73 Å². The fourth-order valence-corrected chi connectivity index (χ4v) is 1.62. The van der Waals surface area contributed by atoms with Crippen LogP contribution in [0.5, 0.6) is 0 Å². The molecule has 0 amide bonds. The van der Waals surface area contributed by atoms with Crippen LogP contribution >= 0.6 is 0 Å². The third kappa shape index (κ3) is 1.71. The van der Waals surface area contributed by atoms with Crippen molar-refractivity contribution < 1.29 is 4.39 Å². The van der Waals surface area contributed by atoms with E-state index in [-0.39, 0.29) is 5.82 Å². The van der Waals surface area contributed by atoms with E-state index in [9.17, 15) is 4.39 Å². The molecule has 0 aliphatic carbocycles. The smallest absolute Gasteiger partial charge is 0.182 e. The molecule has 0 saturated carbocycles. The van der Waals surface area contributed by atoms with E-state index in [4.69, 9.17) is 5.73 Å². The van der Waals surface area contributed by atoms with Gasteiger partial charge in [-0.1, -0.05) is 0 Å². The van der Waals surface area contributed by atoms with Gasteiger partial charge < -0.3 is 5.73 Å². The summed E-state index contributed by atoms with van der Waals surface area (Å²) in [5.41, 5.74) is 7.75. The van der Waals surface area contributed by atoms with Gasteiger partial charge in [-0.2, -0.15) is 0 Å². The van der Waals surface area contributed by atoms with Gasteiger partial charge in [0.2, 0.25) is 0 Å². The molecule has 0 radical (unpaired) electrons. The van der Waals surface area contributed by atoms with Crippen LogP contribution in [0.3, 0.4) is 0 Å². The van der Waals surface area contributed by atoms with Gasteiger partial charge in [0.25, 0.3) is 0 Å². The first-order chi connectivity index (χ1) is 8.22. The number of nitrogen functional groups attached to an aromatic ring is 1. The lowest BCUT2D eigenvalue weighted by molar-refractivity contribution is 0.628. The molecular weight excluding hydrogens is 219 g/mol. The minimum Gasteiger partial charge on any atom is -0.397 e. The molecule has 0 aliphatic heterocycles. The van der Waals surface area contributed by atoms with Crippen molar-refractivity contribution >= 4 is 11.3 Å². The summed E-state index contributed by atoms with van der Waals surface area (Å²) in [5.74, 6) is 0.275. The predicted molar refractivity (Wildman–Crippen MR) is 62.8 cm³/mol. The third-order valence-corrected chi connectivity index (χ3v) is 2.46. The lowest BCUT2D eigenvalue weighted by Crippen LogP contribution is -1.91. The first-order valence-corrected chi connectivity index (χ1v) is 5.10. The van der Waals surface area contributed by atoms with E-state index >= 15 is 0 Å². The highest BCUT2D eigenvalue weighted by Gasteiger charge is 2.06. The Kier molecular flexibility index (Phi) is 2.04. The number of pyridine rings is 1. The Hall–Kier alpha value is -2.43. The third-order valence-electron chi connectivity index (χ3n) is 2.46. The fraction of sp³-hybridized carbons (Fsp3) is 0. The molecule has 0 bridgehead atoms. The summed E-state index contributed by atoms with van der Waals surface area (Å²) in [6.07, 6.45) is 1.69. The first-order valence-electron chi connectivity index (χ1n) is 5.10. The monoisotopic (exact) mass is 228 g/mol. The van der Waals surface area contributed by atoms with Gasteiger partial charge in [0, 0.05) is 5.56 Å². The van der Waals surface area contributed by atoms with Gasteiger partial charge in [0.15, 0.2) is 11.5 Å². The van der Waals surface area contributed by atoms with Crippen molar-refractivity contribution in [1.29, 1.82) is 0 Å². The molecule has 0 spiro atoms. The molecular formula is C12H9FN4. The number of nitrogens with zero attached hydrogens (tertiary/aromatic N) is 3. The molecule has 3 aromatic rings. The molecule has 4 nitrogen and oxygen atoms in total. The molecule has 2 aromatic heterocycles. The molecule has 0 atom stereocenters. The Labute approximate surface area is 96.5 Å². The molecule has 3 rings (SSSR count). The lowest BCUT2D eigenvalue weighted by Gasteiger charge is -1.93. The molecule has 2 N–H and O–H groups in total. The van der Waals surface area contributed by atoms with E-state index in [0.717, 1.165) is 5.56 Å². The van der Waals surface area contributed by atoms with Crippen LogP contribution in [0.25, 0.3) is 17.0 Å². The second-order valence-corrected chi connectivity index (χ2v) is 3.71. The maximum atomic E-state index is 12.8. The zero-order valence-electron chi connectivity index (χ0n) is 8.84. The highest BCUT2D eigenvalue weighted by molar-refractivity contribution is 5.58. The maximum absolute atomic E-state index is 12.8. The van der Waals surface area contributed by atoms with Crippen molar-refractivity contribution in [2.45, 2.75) is 0 Å². The number of anilines is 1. The zero-order chi connectivity index (χ0) is 11.8. The molecule has 1 aromatic carbocycles. The number of hydrogen-bond donors (Lipinski definition) is 1. The van der Waals surface area contributed by atoms with Crippen LogP contribution in [0.2, 0.25) is 0 Å². The second-order valence-electron chi connectivity index (χ2n) is 3.71. The highest BCUT2D eigenvalue weighted by Crippen LogP contribution is 2.17. The Morgan fingerprint density at radius 2 is 1.82 bits per heavy atom. The van der Waals surface area contributed by atoms with Crippen LogP contribution in [0.15, 0.2) is 42.6 Å². The summed E-state index contributed by atoms with van der Waals surface area (Å²) in [6.45, 7) is 0. The van der Waals surface area contributed by atoms with Crippen LogP contribution in [-0.2, 0) is 0 Å². The molecule has 0 aliphatic rings. The van der Waals surface area contributed by atoms with Crippen molar-refractivity contribution in [3.8, 4) is 11.4 Å². The van der Waals surface area contributed by atoms with Crippen molar-refractivity contribution in [2.75, 3.05) is 5.73 Å². The Morgan fingerprint density at radius 1 is 1.06 bits per heavy atom. The lowest BCUT2D eigenvalue weighted by atomic mass is 10.2. The molecule has 2 heterocycles. The Balaban J connectivity index is 2.14. The van der Waals surface area contributed by atoms with Gasteiger partial charge in [0.1, 0.15) is 5.82 Å². The summed E-state index contributed by atoms with van der Waals surface area (Å²) in [7, 11) is 0. The number of benzene rings is 1. The van der Waals surface area contributed by atoms with E-state index < -0.39 is 0 Å². The number of hydrogen-bond acceptors (Lipinski definition) is 3. The van der Waals surface area contributed by atoms with Gasteiger partial charge >= 0.3 is 0 Å². The Bertz CT molecular complexity index is 673. The van der Waals surface area contributed by atoms with E-state index in [1.54, 1.807) is 35.0 Å². The molecule has 0 fully saturated rings. The molecule has 0 unspecified atom stereocenters. The summed E-state index contributed by atoms with van der Waals surface area (Å²) in [4.78, 5) is 4.33. The van der Waals surface area contributed by atoms with Crippen molar-refractivity contribution in [1.82, 2.24) is 14.6 Å². The zero-order valence-corrected chi connectivity index (χ0v) is 8.84. The number of halogens is 1. The van der Waals surface area contributed by atoms with Gasteiger partial charge in [-0.3, -0.25) is 0 Å². The Morgan fingerprint density at radius 3 is 2.59 bits per heavy atom. The minimum atomic E-state index is -0.276. The van der Waals surface area contributed by atoms with Gasteiger partial charge in [-0.05, 0) is 36.4 Å². The van der Waals surface area contributed by atoms with Gasteiger partial charge in [0.05, 0.1) is 11.9 Å². The van der Waals surface area contributed by atoms with Crippen LogP contribution in [0, 0.1) is 5.82 Å². The van der Waals surface area contributed by atoms with E-state index in [1.807, 2.05) is 0 Å². The number of aromatic nitrogens is 3. The largest absolute Gasteiger partial charge is 0.397 e. The molecule has 17 heavy (non-hydrogen) atoms. The topological polar surface area (TPSA) is 56.2 Å². The maximum Gasteiger partial charge on any atom is 0.182 e. The summed E-state index contributed by atoms with van der Waals surface area (Å²) < 4.78 is 14.4. The summed E-state index contributed by atoms with van der Waals surface area (Å²) in [5, 5.41) is 4.28. The van der Waals surface area contributed by atoms with E-state index in [0.29, 0.717) is 17.2 Å². The quantitative estimate of drug-likeness (QED) is 0.694. The minimum absolute atomic E-state index is 0.276. The average molecular weight is 228 g/mol. The number of nitrogens with two attached hydrogens (primary N) is 1. The predicted octanol–water partition coefficient (Wildman–Crippen LogP) is 2.12. The van der Waals surface area contributed by atoms with Gasteiger partial charge in [-0.25, -0.2) is 13.9 Å². The summed E-state index contributed by atoms with van der Waals surface area (Å²) in [6, 6.07) is 9.61. The standard InChI is InChI=1S/C12H9FN4/c13-9-3-1-8(2-4-9)12-15-11-6-5-10(14)7-17(11)16-12/h1-7H,14H2. The van der Waals surface area contributed by atoms with E-state index in [2.05, 4.69) is 10.1 Å². The average Bonchev–Trinajstić information content (AvgIpc) is 2.72. The SMILES string of the molecule is Nc1ccc2nc(-c3ccc(F)cc3)nn2c1. The van der Waals surface area contributed by atoms with Crippen molar-refractivity contribution in [3.63, 3.8) is 0 Å². The summed E-state index contributed by atoms with van der Waals surface area (Å²) >= 11 is 0. The number of rotatable bonds is 1. The molecule has 84 valence electrons. The second kappa shape index (κ2) is 3.55.